The highest BCUT2D eigenvalue weighted by Crippen LogP contribution is 2.30. The third-order valence-corrected chi connectivity index (χ3v) is 4.16. The molecule has 3 heterocycles. The third-order valence-electron chi connectivity index (χ3n) is 4.16. The van der Waals surface area contributed by atoms with Gasteiger partial charge in [-0.3, -0.25) is 4.98 Å². The van der Waals surface area contributed by atoms with Crippen molar-refractivity contribution in [1.29, 1.82) is 0 Å². The van der Waals surface area contributed by atoms with Crippen LogP contribution in [0.4, 0.5) is 14.6 Å². The van der Waals surface area contributed by atoms with Crippen LogP contribution in [-0.2, 0) is 4.74 Å². The number of morpholine rings is 1. The molecule has 128 valence electrons. The van der Waals surface area contributed by atoms with E-state index >= 15 is 0 Å². The summed E-state index contributed by atoms with van der Waals surface area (Å²) in [5.74, 6) is -0.610. The van der Waals surface area contributed by atoms with E-state index in [4.69, 9.17) is 4.74 Å². The number of rotatable bonds is 2. The van der Waals surface area contributed by atoms with Gasteiger partial charge in [-0.1, -0.05) is 0 Å². The summed E-state index contributed by atoms with van der Waals surface area (Å²) in [7, 11) is 0. The predicted molar refractivity (Wildman–Crippen MR) is 90.5 cm³/mol. The van der Waals surface area contributed by atoms with Gasteiger partial charge in [0.25, 0.3) is 0 Å². The largest absolute Gasteiger partial charge is 0.378 e. The molecule has 1 fully saturated rings. The number of ether oxygens (including phenoxy) is 1. The van der Waals surface area contributed by atoms with Crippen molar-refractivity contribution in [1.82, 2.24) is 15.0 Å². The first kappa shape index (κ1) is 15.8. The van der Waals surface area contributed by atoms with E-state index in [0.717, 1.165) is 11.8 Å². The molecule has 0 atom stereocenters. The van der Waals surface area contributed by atoms with Crippen molar-refractivity contribution in [2.75, 3.05) is 31.2 Å². The number of fused-ring (bicyclic) bond motifs is 1. The van der Waals surface area contributed by atoms with Crippen LogP contribution in [0.5, 0.6) is 0 Å². The normalized spacial score (nSPS) is 14.9. The molecule has 25 heavy (non-hydrogen) atoms. The Labute approximate surface area is 143 Å². The molecule has 0 unspecified atom stereocenters. The Bertz CT molecular complexity index is 942. The summed E-state index contributed by atoms with van der Waals surface area (Å²) >= 11 is 0. The number of aryl methyl sites for hydroxylation is 1. The molecule has 0 amide bonds. The summed E-state index contributed by atoms with van der Waals surface area (Å²) in [6, 6.07) is 5.31. The van der Waals surface area contributed by atoms with Crippen molar-refractivity contribution in [3.8, 4) is 11.3 Å². The minimum Gasteiger partial charge on any atom is -0.378 e. The Morgan fingerprint density at radius 1 is 1.08 bits per heavy atom. The van der Waals surface area contributed by atoms with Gasteiger partial charge in [-0.15, -0.1) is 0 Å². The molecule has 1 saturated heterocycles. The van der Waals surface area contributed by atoms with Gasteiger partial charge in [-0.25, -0.2) is 18.7 Å². The Kier molecular flexibility index (Phi) is 4.01. The number of anilines is 1. The van der Waals surface area contributed by atoms with E-state index in [-0.39, 0.29) is 5.56 Å². The van der Waals surface area contributed by atoms with Gasteiger partial charge in [0.1, 0.15) is 28.7 Å². The Morgan fingerprint density at radius 3 is 2.64 bits per heavy atom. The van der Waals surface area contributed by atoms with Gasteiger partial charge < -0.3 is 9.64 Å². The van der Waals surface area contributed by atoms with Crippen molar-refractivity contribution in [3.63, 3.8) is 0 Å². The average Bonchev–Trinajstić information content (AvgIpc) is 2.61. The molecule has 2 aromatic heterocycles. The Morgan fingerprint density at radius 2 is 1.88 bits per heavy atom. The van der Waals surface area contributed by atoms with Gasteiger partial charge in [0.2, 0.25) is 0 Å². The molecule has 1 aromatic carbocycles. The highest BCUT2D eigenvalue weighted by molar-refractivity contribution is 5.91. The molecule has 5 nitrogen and oxygen atoms in total. The summed E-state index contributed by atoms with van der Waals surface area (Å²) in [4.78, 5) is 15.6. The molecule has 0 N–H and O–H groups in total. The van der Waals surface area contributed by atoms with Crippen molar-refractivity contribution >= 4 is 16.9 Å². The average molecular weight is 342 g/mol. The van der Waals surface area contributed by atoms with Gasteiger partial charge in [0.05, 0.1) is 24.4 Å². The van der Waals surface area contributed by atoms with E-state index in [1.165, 1.54) is 12.1 Å². The van der Waals surface area contributed by atoms with Crippen molar-refractivity contribution in [2.45, 2.75) is 6.92 Å². The lowest BCUT2D eigenvalue weighted by molar-refractivity contribution is 0.122. The molecule has 3 aromatic rings. The summed E-state index contributed by atoms with van der Waals surface area (Å²) in [5.41, 5.74) is 2.46. The number of hydrogen-bond acceptors (Lipinski definition) is 5. The summed E-state index contributed by atoms with van der Waals surface area (Å²) in [6.45, 7) is 4.46. The maximum Gasteiger partial charge on any atom is 0.135 e. The molecule has 0 spiro atoms. The summed E-state index contributed by atoms with van der Waals surface area (Å²) in [5, 5.41) is 0. The Hall–Kier alpha value is -2.67. The fourth-order valence-corrected chi connectivity index (χ4v) is 2.92. The van der Waals surface area contributed by atoms with Crippen molar-refractivity contribution in [3.05, 3.63) is 47.8 Å². The second-order valence-electron chi connectivity index (χ2n) is 5.93. The molecule has 1 aliphatic heterocycles. The zero-order chi connectivity index (χ0) is 17.4. The van der Waals surface area contributed by atoms with Crippen LogP contribution < -0.4 is 4.90 Å². The van der Waals surface area contributed by atoms with E-state index in [1.54, 1.807) is 6.20 Å². The lowest BCUT2D eigenvalue weighted by atomic mass is 10.1. The number of nitrogens with zero attached hydrogens (tertiary/aromatic N) is 4. The fraction of sp³-hybridized carbons (Fsp3) is 0.278. The van der Waals surface area contributed by atoms with Crippen molar-refractivity contribution < 1.29 is 13.5 Å². The first-order chi connectivity index (χ1) is 12.1. The van der Waals surface area contributed by atoms with E-state index in [9.17, 15) is 8.78 Å². The minimum absolute atomic E-state index is 0.208. The number of hydrogen-bond donors (Lipinski definition) is 0. The topological polar surface area (TPSA) is 51.1 Å². The Balaban J connectivity index is 1.94. The van der Waals surface area contributed by atoms with Gasteiger partial charge in [0.15, 0.2) is 0 Å². The monoisotopic (exact) mass is 342 g/mol. The van der Waals surface area contributed by atoms with Gasteiger partial charge in [0, 0.05) is 37.0 Å². The van der Waals surface area contributed by atoms with E-state index in [1.807, 2.05) is 13.0 Å². The highest BCUT2D eigenvalue weighted by Gasteiger charge is 2.19. The molecule has 7 heteroatoms. The highest BCUT2D eigenvalue weighted by atomic mass is 19.1. The van der Waals surface area contributed by atoms with Crippen LogP contribution in [0.15, 0.2) is 30.5 Å². The predicted octanol–water partition coefficient (Wildman–Crippen LogP) is 3.12. The lowest BCUT2D eigenvalue weighted by Crippen LogP contribution is -2.36. The van der Waals surface area contributed by atoms with Crippen LogP contribution >= 0.6 is 0 Å². The number of halogens is 2. The second kappa shape index (κ2) is 6.33. The van der Waals surface area contributed by atoms with Crippen LogP contribution in [0.3, 0.4) is 0 Å². The molecule has 0 bridgehead atoms. The summed E-state index contributed by atoms with van der Waals surface area (Å²) in [6.07, 6.45) is 1.61. The molecule has 4 rings (SSSR count). The molecular formula is C18H16F2N4O. The SMILES string of the molecule is Cc1cnc2c(-c3ccc(F)cc3F)nc(N3CCOCC3)cc2n1. The minimum atomic E-state index is -0.671. The van der Waals surface area contributed by atoms with Crippen LogP contribution in [0.25, 0.3) is 22.3 Å². The van der Waals surface area contributed by atoms with Gasteiger partial charge in [-0.2, -0.15) is 0 Å². The van der Waals surface area contributed by atoms with Gasteiger partial charge >= 0.3 is 0 Å². The maximum atomic E-state index is 14.4. The first-order valence-corrected chi connectivity index (χ1v) is 8.04. The molecule has 0 radical (unpaired) electrons. The molecular weight excluding hydrogens is 326 g/mol. The van der Waals surface area contributed by atoms with E-state index < -0.39 is 11.6 Å². The number of aromatic nitrogens is 3. The lowest BCUT2D eigenvalue weighted by Gasteiger charge is -2.28. The molecule has 0 saturated carbocycles. The quantitative estimate of drug-likeness (QED) is 0.716. The number of pyridine rings is 1. The van der Waals surface area contributed by atoms with Crippen molar-refractivity contribution in [2.24, 2.45) is 0 Å². The van der Waals surface area contributed by atoms with Crippen LogP contribution in [0, 0.1) is 18.6 Å². The third kappa shape index (κ3) is 3.02. The molecule has 1 aliphatic rings. The standard InChI is InChI=1S/C18H16F2N4O/c1-11-10-21-18-15(22-11)9-16(24-4-6-25-7-5-24)23-17(18)13-3-2-12(19)8-14(13)20/h2-3,8-10H,4-7H2,1H3. The zero-order valence-corrected chi connectivity index (χ0v) is 13.7. The maximum absolute atomic E-state index is 14.4. The van der Waals surface area contributed by atoms with E-state index in [0.29, 0.717) is 48.8 Å². The van der Waals surface area contributed by atoms with Crippen LogP contribution in [-0.4, -0.2) is 41.3 Å². The smallest absolute Gasteiger partial charge is 0.135 e. The van der Waals surface area contributed by atoms with Gasteiger partial charge in [-0.05, 0) is 19.1 Å². The molecule has 0 aliphatic carbocycles. The van der Waals surface area contributed by atoms with E-state index in [2.05, 4.69) is 19.9 Å². The van der Waals surface area contributed by atoms with Crippen LogP contribution in [0.2, 0.25) is 0 Å². The summed E-state index contributed by atoms with van der Waals surface area (Å²) < 4.78 is 33.0. The zero-order valence-electron chi connectivity index (χ0n) is 13.7. The first-order valence-electron chi connectivity index (χ1n) is 8.04. The second-order valence-corrected chi connectivity index (χ2v) is 5.93. The fourth-order valence-electron chi connectivity index (χ4n) is 2.92. The van der Waals surface area contributed by atoms with Crippen LogP contribution in [0.1, 0.15) is 5.69 Å². The number of benzene rings is 1.